The Bertz CT molecular complexity index is 910. The van der Waals surface area contributed by atoms with Gasteiger partial charge in [-0.1, -0.05) is 60.7 Å². The maximum absolute atomic E-state index is 12.4. The van der Waals surface area contributed by atoms with Gasteiger partial charge >= 0.3 is 6.03 Å². The van der Waals surface area contributed by atoms with Crippen molar-refractivity contribution in [3.05, 3.63) is 78.4 Å². The number of hydrogen-bond acceptors (Lipinski definition) is 3. The molecule has 0 bridgehead atoms. The highest BCUT2D eigenvalue weighted by Crippen LogP contribution is 2.31. The van der Waals surface area contributed by atoms with Crippen LogP contribution in [0.4, 0.5) is 10.5 Å². The lowest BCUT2D eigenvalue weighted by molar-refractivity contribution is 0.251. The van der Waals surface area contributed by atoms with Crippen molar-refractivity contribution in [3.63, 3.8) is 0 Å². The summed E-state index contributed by atoms with van der Waals surface area (Å²) in [5, 5.41) is 5.79. The zero-order valence-corrected chi connectivity index (χ0v) is 15.4. The molecule has 0 aliphatic rings. The molecule has 5 nitrogen and oxygen atoms in total. The average molecular weight is 362 g/mol. The molecule has 3 rings (SSSR count). The van der Waals surface area contributed by atoms with Gasteiger partial charge in [-0.05, 0) is 17.7 Å². The number of ether oxygens (including phenoxy) is 2. The fraction of sp³-hybridized carbons (Fsp3) is 0.136. The SMILES string of the molecule is COc1cccc(CNC(=O)Nc2ccccc2-c2ccccc2)c1OC. The van der Waals surface area contributed by atoms with Gasteiger partial charge in [-0.2, -0.15) is 0 Å². The number of anilines is 1. The van der Waals surface area contributed by atoms with Crippen molar-refractivity contribution in [1.29, 1.82) is 0 Å². The number of carbonyl (C=O) groups is 1. The van der Waals surface area contributed by atoms with Crippen LogP contribution in [0.1, 0.15) is 5.56 Å². The topological polar surface area (TPSA) is 59.6 Å². The van der Waals surface area contributed by atoms with Gasteiger partial charge < -0.3 is 20.1 Å². The maximum atomic E-state index is 12.4. The Morgan fingerprint density at radius 2 is 1.59 bits per heavy atom. The van der Waals surface area contributed by atoms with E-state index in [0.29, 0.717) is 18.0 Å². The summed E-state index contributed by atoms with van der Waals surface area (Å²) < 4.78 is 10.7. The Morgan fingerprint density at radius 3 is 2.33 bits per heavy atom. The lowest BCUT2D eigenvalue weighted by Gasteiger charge is -2.15. The van der Waals surface area contributed by atoms with Crippen LogP contribution in [0.3, 0.4) is 0 Å². The van der Waals surface area contributed by atoms with Crippen LogP contribution in [0.2, 0.25) is 0 Å². The number of rotatable bonds is 6. The summed E-state index contributed by atoms with van der Waals surface area (Å²) in [6.45, 7) is 0.319. The Labute approximate surface area is 158 Å². The molecule has 0 aromatic heterocycles. The first kappa shape index (κ1) is 18.3. The molecular formula is C22H22N2O3. The predicted octanol–water partition coefficient (Wildman–Crippen LogP) is 4.69. The molecule has 0 atom stereocenters. The van der Waals surface area contributed by atoms with Crippen LogP contribution in [0.5, 0.6) is 11.5 Å². The third kappa shape index (κ3) is 4.39. The van der Waals surface area contributed by atoms with Crippen LogP contribution < -0.4 is 20.1 Å². The summed E-state index contributed by atoms with van der Waals surface area (Å²) in [6, 6.07) is 22.9. The first-order valence-corrected chi connectivity index (χ1v) is 8.62. The predicted molar refractivity (Wildman–Crippen MR) is 107 cm³/mol. The zero-order chi connectivity index (χ0) is 19.1. The van der Waals surface area contributed by atoms with Crippen molar-refractivity contribution in [2.24, 2.45) is 0 Å². The molecule has 0 radical (unpaired) electrons. The number of urea groups is 1. The van der Waals surface area contributed by atoms with Crippen LogP contribution >= 0.6 is 0 Å². The monoisotopic (exact) mass is 362 g/mol. The van der Waals surface area contributed by atoms with E-state index in [1.165, 1.54) is 0 Å². The molecule has 3 aromatic rings. The van der Waals surface area contributed by atoms with Gasteiger partial charge in [0.25, 0.3) is 0 Å². The van der Waals surface area contributed by atoms with Crippen molar-refractivity contribution in [3.8, 4) is 22.6 Å². The summed E-state index contributed by atoms with van der Waals surface area (Å²) in [6.07, 6.45) is 0. The number of nitrogens with one attached hydrogen (secondary N) is 2. The van der Waals surface area contributed by atoms with E-state index in [1.54, 1.807) is 14.2 Å². The average Bonchev–Trinajstić information content (AvgIpc) is 2.72. The van der Waals surface area contributed by atoms with E-state index in [1.807, 2.05) is 72.8 Å². The zero-order valence-electron chi connectivity index (χ0n) is 15.4. The second-order valence-electron chi connectivity index (χ2n) is 5.87. The van der Waals surface area contributed by atoms with E-state index in [0.717, 1.165) is 22.4 Å². The minimum atomic E-state index is -0.289. The molecule has 0 fully saturated rings. The van der Waals surface area contributed by atoms with Crippen molar-refractivity contribution < 1.29 is 14.3 Å². The second kappa shape index (κ2) is 8.76. The molecule has 0 unspecified atom stereocenters. The Kier molecular flexibility index (Phi) is 5.94. The summed E-state index contributed by atoms with van der Waals surface area (Å²) in [4.78, 5) is 12.4. The third-order valence-corrected chi connectivity index (χ3v) is 4.18. The van der Waals surface area contributed by atoms with Crippen molar-refractivity contribution in [2.45, 2.75) is 6.54 Å². The first-order chi connectivity index (χ1) is 13.2. The lowest BCUT2D eigenvalue weighted by atomic mass is 10.0. The molecule has 2 N–H and O–H groups in total. The van der Waals surface area contributed by atoms with Crippen molar-refractivity contribution >= 4 is 11.7 Å². The van der Waals surface area contributed by atoms with Gasteiger partial charge in [0.2, 0.25) is 0 Å². The number of hydrogen-bond donors (Lipinski definition) is 2. The van der Waals surface area contributed by atoms with E-state index in [9.17, 15) is 4.79 Å². The molecule has 2 amide bonds. The van der Waals surface area contributed by atoms with Gasteiger partial charge in [-0.25, -0.2) is 4.79 Å². The number of benzene rings is 3. The highest BCUT2D eigenvalue weighted by molar-refractivity contribution is 5.94. The molecule has 0 saturated heterocycles. The molecule has 0 aliphatic carbocycles. The van der Waals surface area contributed by atoms with Gasteiger partial charge in [0.05, 0.1) is 19.9 Å². The van der Waals surface area contributed by atoms with E-state index >= 15 is 0 Å². The summed E-state index contributed by atoms with van der Waals surface area (Å²) >= 11 is 0. The Morgan fingerprint density at radius 1 is 0.852 bits per heavy atom. The molecule has 0 aliphatic heterocycles. The molecule has 138 valence electrons. The lowest BCUT2D eigenvalue weighted by Crippen LogP contribution is -2.28. The summed E-state index contributed by atoms with van der Waals surface area (Å²) in [5.74, 6) is 1.25. The van der Waals surface area contributed by atoms with E-state index < -0.39 is 0 Å². The Hall–Kier alpha value is -3.47. The first-order valence-electron chi connectivity index (χ1n) is 8.62. The van der Waals surface area contributed by atoms with Crippen molar-refractivity contribution in [1.82, 2.24) is 5.32 Å². The largest absolute Gasteiger partial charge is 0.493 e. The smallest absolute Gasteiger partial charge is 0.319 e. The minimum Gasteiger partial charge on any atom is -0.493 e. The maximum Gasteiger partial charge on any atom is 0.319 e. The highest BCUT2D eigenvalue weighted by atomic mass is 16.5. The molecule has 5 heteroatoms. The van der Waals surface area contributed by atoms with Crippen LogP contribution in [0, 0.1) is 0 Å². The standard InChI is InChI=1S/C22H22N2O3/c1-26-20-14-8-11-17(21(20)27-2)15-23-22(25)24-19-13-7-6-12-18(19)16-9-4-3-5-10-16/h3-14H,15H2,1-2H3,(H2,23,24,25). The molecular weight excluding hydrogens is 340 g/mol. The van der Waals surface area contributed by atoms with Gasteiger partial charge in [0.1, 0.15) is 0 Å². The molecule has 27 heavy (non-hydrogen) atoms. The molecule has 3 aromatic carbocycles. The van der Waals surface area contributed by atoms with Crippen LogP contribution in [-0.2, 0) is 6.54 Å². The molecule has 0 saturated carbocycles. The number of para-hydroxylation sites is 2. The third-order valence-electron chi connectivity index (χ3n) is 4.18. The fourth-order valence-electron chi connectivity index (χ4n) is 2.90. The van der Waals surface area contributed by atoms with E-state index in [-0.39, 0.29) is 6.03 Å². The van der Waals surface area contributed by atoms with Crippen LogP contribution in [0.15, 0.2) is 72.8 Å². The Balaban J connectivity index is 1.71. The minimum absolute atomic E-state index is 0.289. The van der Waals surface area contributed by atoms with Crippen molar-refractivity contribution in [2.75, 3.05) is 19.5 Å². The van der Waals surface area contributed by atoms with Gasteiger partial charge in [-0.15, -0.1) is 0 Å². The second-order valence-corrected chi connectivity index (χ2v) is 5.87. The van der Waals surface area contributed by atoms with E-state index in [4.69, 9.17) is 9.47 Å². The number of methoxy groups -OCH3 is 2. The normalized spacial score (nSPS) is 10.1. The van der Waals surface area contributed by atoms with Gasteiger partial charge in [0.15, 0.2) is 11.5 Å². The quantitative estimate of drug-likeness (QED) is 0.669. The van der Waals surface area contributed by atoms with Gasteiger partial charge in [-0.3, -0.25) is 0 Å². The summed E-state index contributed by atoms with van der Waals surface area (Å²) in [5.41, 5.74) is 3.59. The number of carbonyl (C=O) groups excluding carboxylic acids is 1. The summed E-state index contributed by atoms with van der Waals surface area (Å²) in [7, 11) is 3.17. The van der Waals surface area contributed by atoms with Crippen LogP contribution in [-0.4, -0.2) is 20.3 Å². The number of amides is 2. The molecule has 0 spiro atoms. The fourth-order valence-corrected chi connectivity index (χ4v) is 2.90. The molecule has 0 heterocycles. The van der Waals surface area contributed by atoms with E-state index in [2.05, 4.69) is 10.6 Å². The highest BCUT2D eigenvalue weighted by Gasteiger charge is 2.12. The van der Waals surface area contributed by atoms with Crippen LogP contribution in [0.25, 0.3) is 11.1 Å². The van der Waals surface area contributed by atoms with Gasteiger partial charge in [0, 0.05) is 17.7 Å².